The number of aryl methyl sites for hydroxylation is 1. The highest BCUT2D eigenvalue weighted by Gasteiger charge is 2.28. The van der Waals surface area contributed by atoms with Crippen LogP contribution in [0.25, 0.3) is 5.57 Å². The van der Waals surface area contributed by atoms with Crippen molar-refractivity contribution in [3.05, 3.63) is 64.1 Å². The molecule has 2 aromatic carbocycles. The summed E-state index contributed by atoms with van der Waals surface area (Å²) in [5.74, 6) is -0.920. The molecular weight excluding hydrogens is 410 g/mol. The molecule has 160 valence electrons. The Kier molecular flexibility index (Phi) is 6.13. The molecule has 2 aliphatic heterocycles. The molecule has 0 spiro atoms. The number of allylic oxidation sites excluding steroid dienone is 1. The summed E-state index contributed by atoms with van der Waals surface area (Å²) >= 11 is 1.36. The van der Waals surface area contributed by atoms with Crippen molar-refractivity contribution >= 4 is 45.8 Å². The third-order valence-corrected chi connectivity index (χ3v) is 6.32. The summed E-state index contributed by atoms with van der Waals surface area (Å²) in [6, 6.07) is 13.5. The van der Waals surface area contributed by atoms with Crippen LogP contribution in [0, 0.1) is 5.92 Å². The number of thioether (sulfide) groups is 1. The zero-order chi connectivity index (χ0) is 22.0. The summed E-state index contributed by atoms with van der Waals surface area (Å²) in [6.07, 6.45) is 2.13. The number of amidine groups is 1. The van der Waals surface area contributed by atoms with Crippen LogP contribution >= 0.6 is 11.8 Å². The first-order chi connectivity index (χ1) is 14.9. The lowest BCUT2D eigenvalue weighted by Gasteiger charge is -2.21. The van der Waals surface area contributed by atoms with Crippen LogP contribution < -0.4 is 10.6 Å². The first-order valence-electron chi connectivity index (χ1n) is 10.4. The molecule has 1 amide bonds. The van der Waals surface area contributed by atoms with E-state index in [0.717, 1.165) is 41.8 Å². The fourth-order valence-corrected chi connectivity index (χ4v) is 4.99. The minimum absolute atomic E-state index is 0.0185. The van der Waals surface area contributed by atoms with Gasteiger partial charge in [0.2, 0.25) is 0 Å². The summed E-state index contributed by atoms with van der Waals surface area (Å²) < 4.78 is 0. The zero-order valence-electron chi connectivity index (χ0n) is 17.6. The molecule has 0 aromatic heterocycles. The second kappa shape index (κ2) is 8.98. The van der Waals surface area contributed by atoms with Crippen LogP contribution in [-0.2, 0) is 22.4 Å². The number of carbonyl (C=O) groups is 2. The van der Waals surface area contributed by atoms with Gasteiger partial charge in [-0.1, -0.05) is 32.0 Å². The molecular formula is C24H25N3O3S. The van der Waals surface area contributed by atoms with Crippen molar-refractivity contribution in [1.82, 2.24) is 0 Å². The number of hydrogen-bond donors (Lipinski definition) is 3. The fourth-order valence-electron chi connectivity index (χ4n) is 3.90. The number of aliphatic imine (C=N–C) groups is 1. The molecule has 3 N–H and O–H groups in total. The van der Waals surface area contributed by atoms with Crippen molar-refractivity contribution in [2.75, 3.05) is 17.2 Å². The number of amides is 1. The van der Waals surface area contributed by atoms with Gasteiger partial charge in [0.15, 0.2) is 5.17 Å². The van der Waals surface area contributed by atoms with Crippen molar-refractivity contribution in [2.24, 2.45) is 10.9 Å². The van der Waals surface area contributed by atoms with Crippen LogP contribution in [0.15, 0.2) is 52.4 Å². The number of carbonyl (C=O) groups excluding carboxylic acids is 1. The largest absolute Gasteiger partial charge is 0.481 e. The number of hydrogen-bond acceptors (Lipinski definition) is 5. The van der Waals surface area contributed by atoms with E-state index in [0.29, 0.717) is 10.1 Å². The third kappa shape index (κ3) is 4.82. The number of carboxylic acid groups (broad SMARTS) is 1. The van der Waals surface area contributed by atoms with Gasteiger partial charge in [-0.15, -0.1) is 0 Å². The Morgan fingerprint density at radius 3 is 2.71 bits per heavy atom. The summed E-state index contributed by atoms with van der Waals surface area (Å²) in [4.78, 5) is 28.5. The highest BCUT2D eigenvalue weighted by molar-refractivity contribution is 8.18. The Morgan fingerprint density at radius 2 is 2.00 bits per heavy atom. The zero-order valence-corrected chi connectivity index (χ0v) is 18.4. The molecule has 2 aliphatic rings. The van der Waals surface area contributed by atoms with Crippen molar-refractivity contribution in [1.29, 1.82) is 0 Å². The molecule has 2 aromatic rings. The van der Waals surface area contributed by atoms with Crippen LogP contribution in [0.1, 0.15) is 37.0 Å². The van der Waals surface area contributed by atoms with Crippen LogP contribution in [-0.4, -0.2) is 28.7 Å². The van der Waals surface area contributed by atoms with Gasteiger partial charge in [0.25, 0.3) is 5.91 Å². The molecule has 0 saturated carbocycles. The average molecular weight is 436 g/mol. The van der Waals surface area contributed by atoms with Gasteiger partial charge in [-0.05, 0) is 77.1 Å². The summed E-state index contributed by atoms with van der Waals surface area (Å²) in [5.41, 5.74) is 6.04. The molecule has 2 heterocycles. The van der Waals surface area contributed by atoms with E-state index in [9.17, 15) is 9.59 Å². The van der Waals surface area contributed by atoms with Gasteiger partial charge in [-0.2, -0.15) is 4.99 Å². The molecule has 0 aliphatic carbocycles. The fraction of sp³-hybridized carbons (Fsp3) is 0.292. The van der Waals surface area contributed by atoms with E-state index in [1.807, 2.05) is 0 Å². The predicted molar refractivity (Wildman–Crippen MR) is 126 cm³/mol. The maximum absolute atomic E-state index is 12.8. The SMILES string of the molecule is CC(C)C(=C1SC(Nc2ccc(CC(=O)O)cc2)=NC1=O)c1ccc2c(c1)CCCN2. The summed E-state index contributed by atoms with van der Waals surface area (Å²) in [6.45, 7) is 5.19. The summed E-state index contributed by atoms with van der Waals surface area (Å²) in [7, 11) is 0. The number of nitrogens with one attached hydrogen (secondary N) is 2. The maximum Gasteiger partial charge on any atom is 0.307 e. The smallest absolute Gasteiger partial charge is 0.307 e. The minimum atomic E-state index is -0.865. The number of aliphatic carboxylic acids is 1. The van der Waals surface area contributed by atoms with Crippen LogP contribution in [0.4, 0.5) is 11.4 Å². The molecule has 0 unspecified atom stereocenters. The molecule has 0 bridgehead atoms. The third-order valence-electron chi connectivity index (χ3n) is 5.33. The monoisotopic (exact) mass is 435 g/mol. The number of fused-ring (bicyclic) bond motifs is 1. The van der Waals surface area contributed by atoms with Gasteiger partial charge in [-0.25, -0.2) is 0 Å². The van der Waals surface area contributed by atoms with E-state index >= 15 is 0 Å². The Morgan fingerprint density at radius 1 is 1.23 bits per heavy atom. The number of carboxylic acids is 1. The normalized spacial score (nSPS) is 17.1. The molecule has 31 heavy (non-hydrogen) atoms. The summed E-state index contributed by atoms with van der Waals surface area (Å²) in [5, 5.41) is 16.0. The lowest BCUT2D eigenvalue weighted by atomic mass is 9.91. The Balaban J connectivity index is 1.56. The molecule has 6 nitrogen and oxygen atoms in total. The van der Waals surface area contributed by atoms with Crippen LogP contribution in [0.3, 0.4) is 0 Å². The number of benzene rings is 2. The molecule has 0 atom stereocenters. The van der Waals surface area contributed by atoms with Gasteiger partial charge in [0, 0.05) is 17.9 Å². The van der Waals surface area contributed by atoms with Crippen LogP contribution in [0.5, 0.6) is 0 Å². The lowest BCUT2D eigenvalue weighted by molar-refractivity contribution is -0.136. The van der Waals surface area contributed by atoms with Gasteiger partial charge in [-0.3, -0.25) is 9.59 Å². The van der Waals surface area contributed by atoms with E-state index in [4.69, 9.17) is 5.11 Å². The number of anilines is 2. The van der Waals surface area contributed by atoms with Gasteiger partial charge >= 0.3 is 5.97 Å². The highest BCUT2D eigenvalue weighted by Crippen LogP contribution is 2.39. The molecule has 4 rings (SSSR count). The minimum Gasteiger partial charge on any atom is -0.481 e. The Labute approximate surface area is 185 Å². The number of nitrogens with zero attached hydrogens (tertiary/aromatic N) is 1. The van der Waals surface area contributed by atoms with Crippen molar-refractivity contribution in [3.63, 3.8) is 0 Å². The van der Waals surface area contributed by atoms with Gasteiger partial charge < -0.3 is 15.7 Å². The van der Waals surface area contributed by atoms with Crippen molar-refractivity contribution < 1.29 is 14.7 Å². The molecule has 7 heteroatoms. The molecule has 0 radical (unpaired) electrons. The lowest BCUT2D eigenvalue weighted by Crippen LogP contribution is -2.12. The van der Waals surface area contributed by atoms with E-state index in [2.05, 4.69) is 47.7 Å². The topological polar surface area (TPSA) is 90.8 Å². The van der Waals surface area contributed by atoms with E-state index in [1.165, 1.54) is 23.0 Å². The van der Waals surface area contributed by atoms with E-state index in [1.54, 1.807) is 24.3 Å². The first-order valence-corrected chi connectivity index (χ1v) is 11.2. The van der Waals surface area contributed by atoms with Crippen molar-refractivity contribution in [3.8, 4) is 0 Å². The standard InChI is InChI=1S/C24H25N3O3S/c1-14(2)21(17-7-10-19-16(13-17)4-3-11-25-19)22-23(30)27-24(31-22)26-18-8-5-15(6-9-18)12-20(28)29/h5-10,13-14,25H,3-4,11-12H2,1-2H3,(H,28,29)(H,26,27,30). The second-order valence-electron chi connectivity index (χ2n) is 8.02. The maximum atomic E-state index is 12.8. The quantitative estimate of drug-likeness (QED) is 0.586. The van der Waals surface area contributed by atoms with Crippen LogP contribution in [0.2, 0.25) is 0 Å². The number of rotatable bonds is 5. The Hall–Kier alpha value is -3.06. The average Bonchev–Trinajstić information content (AvgIpc) is 3.08. The van der Waals surface area contributed by atoms with Gasteiger partial charge in [0.1, 0.15) is 0 Å². The Bertz CT molecular complexity index is 1090. The molecule has 0 saturated heterocycles. The molecule has 0 fully saturated rings. The van der Waals surface area contributed by atoms with E-state index < -0.39 is 5.97 Å². The van der Waals surface area contributed by atoms with E-state index in [-0.39, 0.29) is 18.2 Å². The highest BCUT2D eigenvalue weighted by atomic mass is 32.2. The van der Waals surface area contributed by atoms with Gasteiger partial charge in [0.05, 0.1) is 11.3 Å². The second-order valence-corrected chi connectivity index (χ2v) is 9.02. The predicted octanol–water partition coefficient (Wildman–Crippen LogP) is 4.78. The van der Waals surface area contributed by atoms with Crippen molar-refractivity contribution in [2.45, 2.75) is 33.1 Å². The first kappa shape index (κ1) is 21.2.